The Morgan fingerprint density at radius 1 is 1.15 bits per heavy atom. The van der Waals surface area contributed by atoms with Crippen molar-refractivity contribution in [3.63, 3.8) is 0 Å². The second kappa shape index (κ2) is 6.29. The second-order valence-electron chi connectivity index (χ2n) is 4.82. The fraction of sp³-hybridized carbons (Fsp3) is 0.294. The van der Waals surface area contributed by atoms with E-state index in [-0.39, 0.29) is 0 Å². The molecule has 1 unspecified atom stereocenters. The Morgan fingerprint density at radius 2 is 1.85 bits per heavy atom. The summed E-state index contributed by atoms with van der Waals surface area (Å²) in [5, 5.41) is 11.8. The molecule has 2 nitrogen and oxygen atoms in total. The summed E-state index contributed by atoms with van der Waals surface area (Å²) in [6.07, 6.45) is 1.45. The van der Waals surface area contributed by atoms with E-state index in [0.717, 1.165) is 12.0 Å². The number of hydrogen-bond donors (Lipinski definition) is 1. The van der Waals surface area contributed by atoms with Crippen molar-refractivity contribution in [2.24, 2.45) is 0 Å². The first-order valence-corrected chi connectivity index (χ1v) is 7.11. The van der Waals surface area contributed by atoms with Gasteiger partial charge in [0.05, 0.1) is 7.11 Å². The first-order valence-electron chi connectivity index (χ1n) is 6.73. The minimum Gasteiger partial charge on any atom is -0.496 e. The molecule has 0 amide bonds. The summed E-state index contributed by atoms with van der Waals surface area (Å²) in [5.41, 5.74) is 0.467. The van der Waals surface area contributed by atoms with Crippen molar-refractivity contribution in [1.29, 1.82) is 0 Å². The highest BCUT2D eigenvalue weighted by atomic mass is 35.5. The molecule has 2 rings (SSSR count). The first-order chi connectivity index (χ1) is 9.61. The van der Waals surface area contributed by atoms with Gasteiger partial charge in [-0.15, -0.1) is 0 Å². The molecular weight excluding hydrogens is 272 g/mol. The first kappa shape index (κ1) is 14.9. The Kier molecular flexibility index (Phi) is 4.69. The van der Waals surface area contributed by atoms with Crippen LogP contribution in [0, 0.1) is 0 Å². The molecule has 1 atom stereocenters. The van der Waals surface area contributed by atoms with Gasteiger partial charge in [0.25, 0.3) is 0 Å². The van der Waals surface area contributed by atoms with Gasteiger partial charge in [0.2, 0.25) is 0 Å². The van der Waals surface area contributed by atoms with Gasteiger partial charge in [0.1, 0.15) is 11.4 Å². The van der Waals surface area contributed by atoms with E-state index >= 15 is 0 Å². The lowest BCUT2D eigenvalue weighted by Gasteiger charge is -2.30. The van der Waals surface area contributed by atoms with E-state index in [1.807, 2.05) is 37.3 Å². The van der Waals surface area contributed by atoms with Crippen LogP contribution in [0.4, 0.5) is 0 Å². The summed E-state index contributed by atoms with van der Waals surface area (Å²) in [7, 11) is 1.60. The highest BCUT2D eigenvalue weighted by Crippen LogP contribution is 2.40. The minimum absolute atomic E-state index is 0.589. The molecule has 0 heterocycles. The summed E-state index contributed by atoms with van der Waals surface area (Å²) < 4.78 is 5.40. The summed E-state index contributed by atoms with van der Waals surface area (Å²) in [6, 6.07) is 15.0. The van der Waals surface area contributed by atoms with Gasteiger partial charge in [0, 0.05) is 10.6 Å². The fourth-order valence-electron chi connectivity index (χ4n) is 2.51. The summed E-state index contributed by atoms with van der Waals surface area (Å²) in [5.74, 6) is 0.647. The average Bonchev–Trinajstić information content (AvgIpc) is 2.48. The van der Waals surface area contributed by atoms with Gasteiger partial charge in [-0.05, 0) is 30.2 Å². The quantitative estimate of drug-likeness (QED) is 0.885. The van der Waals surface area contributed by atoms with Crippen LogP contribution in [0.2, 0.25) is 5.02 Å². The van der Waals surface area contributed by atoms with Gasteiger partial charge in [-0.2, -0.15) is 0 Å². The van der Waals surface area contributed by atoms with Gasteiger partial charge in [-0.3, -0.25) is 0 Å². The normalized spacial score (nSPS) is 13.8. The maximum absolute atomic E-state index is 11.3. The molecule has 0 spiro atoms. The molecule has 0 aromatic heterocycles. The number of aliphatic hydroxyl groups is 1. The van der Waals surface area contributed by atoms with Crippen molar-refractivity contribution in [3.8, 4) is 5.75 Å². The highest BCUT2D eigenvalue weighted by molar-refractivity contribution is 6.30. The molecule has 2 aromatic rings. The second-order valence-corrected chi connectivity index (χ2v) is 5.26. The summed E-state index contributed by atoms with van der Waals surface area (Å²) in [6.45, 7) is 2.05. The Hall–Kier alpha value is -1.51. The predicted octanol–water partition coefficient (Wildman–Crippen LogP) is 4.38. The number of benzene rings is 2. The van der Waals surface area contributed by atoms with Crippen LogP contribution >= 0.6 is 11.6 Å². The number of halogens is 1. The molecule has 20 heavy (non-hydrogen) atoms. The lowest BCUT2D eigenvalue weighted by molar-refractivity contribution is 0.0674. The molecule has 0 aliphatic rings. The van der Waals surface area contributed by atoms with Crippen LogP contribution in [-0.4, -0.2) is 12.2 Å². The van der Waals surface area contributed by atoms with E-state index in [9.17, 15) is 5.11 Å². The fourth-order valence-corrected chi connectivity index (χ4v) is 2.69. The van der Waals surface area contributed by atoms with E-state index in [2.05, 4.69) is 0 Å². The number of ether oxygens (including phenoxy) is 1. The van der Waals surface area contributed by atoms with Crippen LogP contribution in [0.25, 0.3) is 0 Å². The zero-order valence-electron chi connectivity index (χ0n) is 11.8. The topological polar surface area (TPSA) is 29.5 Å². The van der Waals surface area contributed by atoms with E-state index in [4.69, 9.17) is 16.3 Å². The standard InChI is InChI=1S/C17H19ClO2/c1-3-11-17(19,13-7-5-4-6-8-13)15-12-14(18)9-10-16(15)20-2/h4-10,12,19H,3,11H2,1-2H3. The summed E-state index contributed by atoms with van der Waals surface area (Å²) >= 11 is 6.10. The molecule has 0 fully saturated rings. The SMILES string of the molecule is CCCC(O)(c1ccccc1)c1cc(Cl)ccc1OC. The predicted molar refractivity (Wildman–Crippen MR) is 82.4 cm³/mol. The van der Waals surface area contributed by atoms with Gasteiger partial charge in [-0.1, -0.05) is 55.3 Å². The monoisotopic (exact) mass is 290 g/mol. The molecule has 0 bridgehead atoms. The van der Waals surface area contributed by atoms with Crippen molar-refractivity contribution >= 4 is 11.6 Å². The van der Waals surface area contributed by atoms with Crippen molar-refractivity contribution in [1.82, 2.24) is 0 Å². The van der Waals surface area contributed by atoms with Gasteiger partial charge < -0.3 is 9.84 Å². The smallest absolute Gasteiger partial charge is 0.125 e. The zero-order chi connectivity index (χ0) is 14.6. The third-order valence-corrected chi connectivity index (χ3v) is 3.71. The molecule has 106 valence electrons. The van der Waals surface area contributed by atoms with Crippen LogP contribution in [-0.2, 0) is 5.60 Å². The molecular formula is C17H19ClO2. The van der Waals surface area contributed by atoms with E-state index in [1.54, 1.807) is 25.3 Å². The van der Waals surface area contributed by atoms with Gasteiger partial charge in [0.15, 0.2) is 0 Å². The van der Waals surface area contributed by atoms with Crippen molar-refractivity contribution in [3.05, 3.63) is 64.7 Å². The molecule has 3 heteroatoms. The number of methoxy groups -OCH3 is 1. The molecule has 2 aromatic carbocycles. The van der Waals surface area contributed by atoms with Crippen LogP contribution < -0.4 is 4.74 Å². The van der Waals surface area contributed by atoms with E-state index in [1.165, 1.54) is 0 Å². The molecule has 0 aliphatic carbocycles. The lowest BCUT2D eigenvalue weighted by Crippen LogP contribution is -2.27. The Balaban J connectivity index is 2.61. The molecule has 0 saturated heterocycles. The highest BCUT2D eigenvalue weighted by Gasteiger charge is 2.33. The Bertz CT molecular complexity index is 568. The van der Waals surface area contributed by atoms with Crippen LogP contribution in [0.1, 0.15) is 30.9 Å². The van der Waals surface area contributed by atoms with Crippen LogP contribution in [0.3, 0.4) is 0 Å². The van der Waals surface area contributed by atoms with Crippen molar-refractivity contribution in [2.45, 2.75) is 25.4 Å². The number of rotatable bonds is 5. The molecule has 0 saturated carbocycles. The average molecular weight is 291 g/mol. The maximum atomic E-state index is 11.3. The Labute approximate surface area is 125 Å². The van der Waals surface area contributed by atoms with E-state index < -0.39 is 5.60 Å². The molecule has 0 aliphatic heterocycles. The Morgan fingerprint density at radius 3 is 2.45 bits per heavy atom. The zero-order valence-corrected chi connectivity index (χ0v) is 12.5. The van der Waals surface area contributed by atoms with Crippen molar-refractivity contribution < 1.29 is 9.84 Å². The van der Waals surface area contributed by atoms with Crippen LogP contribution in [0.5, 0.6) is 5.75 Å². The minimum atomic E-state index is -1.09. The third kappa shape index (κ3) is 2.82. The molecule has 1 N–H and O–H groups in total. The van der Waals surface area contributed by atoms with Gasteiger partial charge >= 0.3 is 0 Å². The van der Waals surface area contributed by atoms with Crippen LogP contribution in [0.15, 0.2) is 48.5 Å². The number of hydrogen-bond acceptors (Lipinski definition) is 2. The lowest BCUT2D eigenvalue weighted by atomic mass is 9.82. The maximum Gasteiger partial charge on any atom is 0.125 e. The largest absolute Gasteiger partial charge is 0.496 e. The third-order valence-electron chi connectivity index (χ3n) is 3.47. The summed E-state index contributed by atoms with van der Waals surface area (Å²) in [4.78, 5) is 0. The molecule has 0 radical (unpaired) electrons. The van der Waals surface area contributed by atoms with Crippen molar-refractivity contribution in [2.75, 3.05) is 7.11 Å². The van der Waals surface area contributed by atoms with E-state index in [0.29, 0.717) is 22.8 Å². The van der Waals surface area contributed by atoms with Gasteiger partial charge in [-0.25, -0.2) is 0 Å².